The van der Waals surface area contributed by atoms with Crippen LogP contribution < -0.4 is 5.32 Å². The van der Waals surface area contributed by atoms with Crippen LogP contribution in [0.5, 0.6) is 0 Å². The molecule has 0 saturated heterocycles. The Bertz CT molecular complexity index is 766. The van der Waals surface area contributed by atoms with Gasteiger partial charge in [0.1, 0.15) is 18.0 Å². The highest BCUT2D eigenvalue weighted by Crippen LogP contribution is 2.37. The Kier molecular flexibility index (Phi) is 4.38. The molecule has 1 aromatic heterocycles. The van der Waals surface area contributed by atoms with E-state index in [-0.39, 0.29) is 5.92 Å². The van der Waals surface area contributed by atoms with E-state index in [1.165, 1.54) is 5.56 Å². The number of aryl methyl sites for hydroxylation is 1. The number of benzene rings is 1. The highest BCUT2D eigenvalue weighted by Gasteiger charge is 2.33. The molecule has 2 N–H and O–H groups in total. The summed E-state index contributed by atoms with van der Waals surface area (Å²) in [5.41, 5.74) is 3.83. The van der Waals surface area contributed by atoms with E-state index in [4.69, 9.17) is 4.52 Å². The molecule has 0 fully saturated rings. The molecular formula is C18H20N2O4. The fraction of sp³-hybridized carbons (Fsp3) is 0.389. The molecule has 0 spiro atoms. The zero-order valence-corrected chi connectivity index (χ0v) is 13.7. The number of carboxylic acids is 1. The van der Waals surface area contributed by atoms with Gasteiger partial charge in [0.25, 0.3) is 0 Å². The van der Waals surface area contributed by atoms with E-state index in [0.29, 0.717) is 12.2 Å². The van der Waals surface area contributed by atoms with Crippen molar-refractivity contribution in [2.75, 3.05) is 5.32 Å². The molecular weight excluding hydrogens is 308 g/mol. The van der Waals surface area contributed by atoms with Crippen molar-refractivity contribution < 1.29 is 19.2 Å². The van der Waals surface area contributed by atoms with Gasteiger partial charge in [-0.1, -0.05) is 43.3 Å². The van der Waals surface area contributed by atoms with Gasteiger partial charge in [-0.05, 0) is 24.3 Å². The van der Waals surface area contributed by atoms with Gasteiger partial charge in [0.2, 0.25) is 5.88 Å². The molecule has 1 aliphatic rings. The minimum Gasteiger partial charge on any atom is -0.480 e. The summed E-state index contributed by atoms with van der Waals surface area (Å²) in [6.45, 7) is 3.64. The Balaban J connectivity index is 1.93. The van der Waals surface area contributed by atoms with Crippen molar-refractivity contribution in [3.8, 4) is 11.3 Å². The Morgan fingerprint density at radius 1 is 1.33 bits per heavy atom. The average molecular weight is 328 g/mol. The van der Waals surface area contributed by atoms with E-state index in [1.54, 1.807) is 0 Å². The first kappa shape index (κ1) is 16.2. The predicted octanol–water partition coefficient (Wildman–Crippen LogP) is 2.78. The summed E-state index contributed by atoms with van der Waals surface area (Å²) in [7, 11) is 0. The maximum atomic E-state index is 11.6. The lowest BCUT2D eigenvalue weighted by molar-refractivity contribution is -0.141. The smallest absolute Gasteiger partial charge is 0.326 e. The molecule has 2 atom stereocenters. The first-order valence-corrected chi connectivity index (χ1v) is 8.04. The highest BCUT2D eigenvalue weighted by atomic mass is 16.5. The molecule has 0 bridgehead atoms. The lowest BCUT2D eigenvalue weighted by Crippen LogP contribution is -2.40. The monoisotopic (exact) mass is 328 g/mol. The Morgan fingerprint density at radius 3 is 2.75 bits per heavy atom. The van der Waals surface area contributed by atoms with E-state index in [2.05, 4.69) is 16.5 Å². The number of aldehydes is 1. The second-order valence-electron chi connectivity index (χ2n) is 6.41. The number of anilines is 1. The van der Waals surface area contributed by atoms with Gasteiger partial charge >= 0.3 is 5.97 Å². The van der Waals surface area contributed by atoms with Gasteiger partial charge in [0.15, 0.2) is 0 Å². The van der Waals surface area contributed by atoms with Crippen LogP contribution in [-0.4, -0.2) is 28.6 Å². The standard InChI is InChI=1S/C18H20N2O4/c1-10(2)14(9-21)16(18(22)23)19-17-13-8-7-11-5-3-4-6-12(11)15(13)20-24-17/h3-6,9-10,14,16,19H,7-8H2,1-2H3,(H,22,23)/t14?,16-/m0/s1. The molecule has 1 heterocycles. The van der Waals surface area contributed by atoms with Crippen LogP contribution in [0.1, 0.15) is 25.0 Å². The highest BCUT2D eigenvalue weighted by molar-refractivity contribution is 5.82. The van der Waals surface area contributed by atoms with Crippen LogP contribution in [0.25, 0.3) is 11.3 Å². The molecule has 2 aromatic rings. The fourth-order valence-electron chi connectivity index (χ4n) is 3.18. The van der Waals surface area contributed by atoms with Crippen LogP contribution in [0.2, 0.25) is 0 Å². The summed E-state index contributed by atoms with van der Waals surface area (Å²) in [5, 5.41) is 16.5. The second kappa shape index (κ2) is 6.47. The molecule has 0 saturated carbocycles. The van der Waals surface area contributed by atoms with Gasteiger partial charge < -0.3 is 19.7 Å². The van der Waals surface area contributed by atoms with Crippen molar-refractivity contribution in [1.29, 1.82) is 0 Å². The third-order valence-corrected chi connectivity index (χ3v) is 4.57. The molecule has 126 valence electrons. The van der Waals surface area contributed by atoms with Gasteiger partial charge in [0, 0.05) is 17.0 Å². The average Bonchev–Trinajstić information content (AvgIpc) is 2.97. The number of carbonyl (C=O) groups excluding carboxylic acids is 1. The van der Waals surface area contributed by atoms with E-state index in [1.807, 2.05) is 32.0 Å². The van der Waals surface area contributed by atoms with Crippen molar-refractivity contribution in [2.24, 2.45) is 11.8 Å². The lowest BCUT2D eigenvalue weighted by Gasteiger charge is -2.23. The Labute approximate surface area is 139 Å². The third kappa shape index (κ3) is 2.79. The maximum Gasteiger partial charge on any atom is 0.326 e. The van der Waals surface area contributed by atoms with Gasteiger partial charge in [-0.2, -0.15) is 0 Å². The van der Waals surface area contributed by atoms with Crippen LogP contribution in [0, 0.1) is 11.8 Å². The van der Waals surface area contributed by atoms with E-state index < -0.39 is 17.9 Å². The van der Waals surface area contributed by atoms with Gasteiger partial charge in [0.05, 0.1) is 0 Å². The van der Waals surface area contributed by atoms with Crippen molar-refractivity contribution in [3.63, 3.8) is 0 Å². The fourth-order valence-corrected chi connectivity index (χ4v) is 3.18. The van der Waals surface area contributed by atoms with Crippen LogP contribution >= 0.6 is 0 Å². The molecule has 6 nitrogen and oxygen atoms in total. The maximum absolute atomic E-state index is 11.6. The molecule has 0 aliphatic heterocycles. The largest absolute Gasteiger partial charge is 0.480 e. The predicted molar refractivity (Wildman–Crippen MR) is 88.8 cm³/mol. The summed E-state index contributed by atoms with van der Waals surface area (Å²) in [6.07, 6.45) is 2.25. The number of nitrogens with one attached hydrogen (secondary N) is 1. The lowest BCUT2D eigenvalue weighted by atomic mass is 9.88. The molecule has 0 amide bonds. The topological polar surface area (TPSA) is 92.4 Å². The first-order chi connectivity index (χ1) is 11.5. The summed E-state index contributed by atoms with van der Waals surface area (Å²) in [6, 6.07) is 6.92. The van der Waals surface area contributed by atoms with Crippen LogP contribution in [0.3, 0.4) is 0 Å². The number of aliphatic carboxylic acids is 1. The SMILES string of the molecule is CC(C)C(C=O)[C@H](Nc1onc2c1CCc1ccccc1-2)C(=O)O. The van der Waals surface area contributed by atoms with Gasteiger partial charge in [-0.15, -0.1) is 0 Å². The number of hydrogen-bond acceptors (Lipinski definition) is 5. The molecule has 3 rings (SSSR count). The number of nitrogens with zero attached hydrogens (tertiary/aromatic N) is 1. The third-order valence-electron chi connectivity index (χ3n) is 4.57. The molecule has 1 aliphatic carbocycles. The minimum absolute atomic E-state index is 0.101. The van der Waals surface area contributed by atoms with Crippen LogP contribution in [-0.2, 0) is 22.4 Å². The second-order valence-corrected chi connectivity index (χ2v) is 6.41. The first-order valence-electron chi connectivity index (χ1n) is 8.04. The molecule has 1 aromatic carbocycles. The number of aromatic nitrogens is 1. The van der Waals surface area contributed by atoms with Crippen molar-refractivity contribution in [3.05, 3.63) is 35.4 Å². The van der Waals surface area contributed by atoms with E-state index in [9.17, 15) is 14.7 Å². The molecule has 6 heteroatoms. The zero-order chi connectivity index (χ0) is 17.3. The molecule has 24 heavy (non-hydrogen) atoms. The van der Waals surface area contributed by atoms with E-state index >= 15 is 0 Å². The number of carboxylic acid groups (broad SMARTS) is 1. The van der Waals surface area contributed by atoms with Crippen molar-refractivity contribution >= 4 is 18.1 Å². The van der Waals surface area contributed by atoms with Gasteiger partial charge in [-0.25, -0.2) is 4.79 Å². The number of fused-ring (bicyclic) bond motifs is 3. The summed E-state index contributed by atoms with van der Waals surface area (Å²) in [5.74, 6) is -1.49. The number of hydrogen-bond donors (Lipinski definition) is 2. The van der Waals surface area contributed by atoms with Crippen molar-refractivity contribution in [1.82, 2.24) is 5.16 Å². The van der Waals surface area contributed by atoms with Crippen LogP contribution in [0.15, 0.2) is 28.8 Å². The Morgan fingerprint density at radius 2 is 2.08 bits per heavy atom. The number of carbonyl (C=O) groups is 2. The van der Waals surface area contributed by atoms with Crippen LogP contribution in [0.4, 0.5) is 5.88 Å². The summed E-state index contributed by atoms with van der Waals surface area (Å²) < 4.78 is 5.39. The summed E-state index contributed by atoms with van der Waals surface area (Å²) in [4.78, 5) is 22.9. The normalized spacial score (nSPS) is 15.3. The van der Waals surface area contributed by atoms with E-state index in [0.717, 1.165) is 29.7 Å². The minimum atomic E-state index is -1.08. The Hall–Kier alpha value is -2.63. The van der Waals surface area contributed by atoms with Gasteiger partial charge in [-0.3, -0.25) is 0 Å². The molecule has 0 radical (unpaired) electrons. The molecule has 1 unspecified atom stereocenters. The number of rotatable bonds is 6. The summed E-state index contributed by atoms with van der Waals surface area (Å²) >= 11 is 0. The quantitative estimate of drug-likeness (QED) is 0.792. The van der Waals surface area contributed by atoms with Crippen molar-refractivity contribution in [2.45, 2.75) is 32.7 Å². The zero-order valence-electron chi connectivity index (χ0n) is 13.7.